The molecular weight excluding hydrogens is 847 g/mol. The molecule has 11 heteroatoms. The summed E-state index contributed by atoms with van der Waals surface area (Å²) in [5.41, 5.74) is 0. The Bertz CT molecular complexity index is 1180. The van der Waals surface area contributed by atoms with E-state index in [0.29, 0.717) is 12.8 Å². The Morgan fingerprint density at radius 3 is 1.37 bits per heavy atom. The highest BCUT2D eigenvalue weighted by atomic mass is 16.7. The van der Waals surface area contributed by atoms with Gasteiger partial charge in [-0.2, -0.15) is 0 Å². The maximum absolute atomic E-state index is 13.2. The van der Waals surface area contributed by atoms with Crippen molar-refractivity contribution in [2.75, 3.05) is 13.2 Å². The van der Waals surface area contributed by atoms with E-state index in [-0.39, 0.29) is 12.8 Å². The van der Waals surface area contributed by atoms with Crippen molar-refractivity contribution < 1.29 is 50.0 Å². The summed E-state index contributed by atoms with van der Waals surface area (Å²) in [6, 6.07) is -1.19. The molecule has 0 spiro atoms. The fourth-order valence-corrected chi connectivity index (χ4v) is 8.83. The molecule has 1 fully saturated rings. The fourth-order valence-electron chi connectivity index (χ4n) is 8.83. The molecular formula is C56H105NO10. The van der Waals surface area contributed by atoms with Crippen molar-refractivity contribution in [3.63, 3.8) is 0 Å². The first-order chi connectivity index (χ1) is 32.7. The molecule has 1 amide bonds. The molecule has 0 aliphatic carbocycles. The van der Waals surface area contributed by atoms with Crippen LogP contribution in [0.3, 0.4) is 0 Å². The van der Waals surface area contributed by atoms with E-state index in [1.54, 1.807) is 0 Å². The molecule has 11 nitrogen and oxygen atoms in total. The molecule has 0 aromatic rings. The number of aliphatic hydroxyl groups excluding tert-OH is 7. The Kier molecular flexibility index (Phi) is 43.0. The van der Waals surface area contributed by atoms with Gasteiger partial charge in [-0.25, -0.2) is 0 Å². The van der Waals surface area contributed by atoms with E-state index in [2.05, 4.69) is 55.6 Å². The van der Waals surface area contributed by atoms with Gasteiger partial charge in [-0.3, -0.25) is 4.79 Å². The molecule has 0 bridgehead atoms. The molecule has 9 unspecified atom stereocenters. The van der Waals surface area contributed by atoms with Crippen LogP contribution in [0.5, 0.6) is 0 Å². The van der Waals surface area contributed by atoms with Gasteiger partial charge in [-0.1, -0.05) is 211 Å². The summed E-state index contributed by atoms with van der Waals surface area (Å²) >= 11 is 0. The van der Waals surface area contributed by atoms with Crippen molar-refractivity contribution in [2.24, 2.45) is 0 Å². The van der Waals surface area contributed by atoms with Crippen LogP contribution in [0, 0.1) is 0 Å². The summed E-state index contributed by atoms with van der Waals surface area (Å²) in [4.78, 5) is 13.2. The lowest BCUT2D eigenvalue weighted by Crippen LogP contribution is -2.60. The van der Waals surface area contributed by atoms with Gasteiger partial charge in [0, 0.05) is 0 Å². The van der Waals surface area contributed by atoms with E-state index in [9.17, 15) is 40.5 Å². The second-order valence-corrected chi connectivity index (χ2v) is 19.6. The van der Waals surface area contributed by atoms with E-state index in [1.165, 1.54) is 154 Å². The highest BCUT2D eigenvalue weighted by molar-refractivity contribution is 5.80. The molecule has 1 aliphatic rings. The lowest BCUT2D eigenvalue weighted by Gasteiger charge is -2.40. The molecule has 0 radical (unpaired) electrons. The van der Waals surface area contributed by atoms with Crippen LogP contribution < -0.4 is 5.32 Å². The number of rotatable bonds is 47. The summed E-state index contributed by atoms with van der Waals surface area (Å²) in [5, 5.41) is 76.0. The maximum atomic E-state index is 13.2. The van der Waals surface area contributed by atoms with Crippen LogP contribution in [-0.2, 0) is 14.3 Å². The first-order valence-electron chi connectivity index (χ1n) is 27.9. The average molecular weight is 952 g/mol. The minimum atomic E-state index is -1.67. The molecule has 1 rings (SSSR count). The van der Waals surface area contributed by atoms with E-state index in [4.69, 9.17) is 9.47 Å². The van der Waals surface area contributed by atoms with Crippen molar-refractivity contribution >= 4 is 5.91 Å². The number of allylic oxidation sites excluding steroid dienone is 6. The molecule has 9 atom stereocenters. The maximum Gasteiger partial charge on any atom is 0.249 e. The molecule has 1 saturated heterocycles. The van der Waals surface area contributed by atoms with Gasteiger partial charge >= 0.3 is 0 Å². The number of amides is 1. The van der Waals surface area contributed by atoms with E-state index in [0.717, 1.165) is 51.4 Å². The van der Waals surface area contributed by atoms with Crippen LogP contribution in [0.15, 0.2) is 36.5 Å². The Morgan fingerprint density at radius 1 is 0.522 bits per heavy atom. The van der Waals surface area contributed by atoms with Crippen LogP contribution >= 0.6 is 0 Å². The topological polar surface area (TPSA) is 189 Å². The average Bonchev–Trinajstić information content (AvgIpc) is 3.33. The highest BCUT2D eigenvalue weighted by Gasteiger charge is 2.44. The van der Waals surface area contributed by atoms with Gasteiger partial charge in [0.25, 0.3) is 0 Å². The number of carbonyl (C=O) groups excluding carboxylic acids is 1. The van der Waals surface area contributed by atoms with Crippen LogP contribution in [-0.4, -0.2) is 110 Å². The van der Waals surface area contributed by atoms with Crippen molar-refractivity contribution in [3.8, 4) is 0 Å². The Labute approximate surface area is 409 Å². The van der Waals surface area contributed by atoms with Gasteiger partial charge in [0.2, 0.25) is 5.91 Å². The number of unbranched alkanes of at least 4 members (excludes halogenated alkanes) is 29. The summed E-state index contributed by atoms with van der Waals surface area (Å²) in [7, 11) is 0. The van der Waals surface area contributed by atoms with Crippen molar-refractivity contribution in [2.45, 2.75) is 300 Å². The van der Waals surface area contributed by atoms with Gasteiger partial charge in [0.05, 0.1) is 25.4 Å². The zero-order valence-corrected chi connectivity index (χ0v) is 42.9. The van der Waals surface area contributed by atoms with Gasteiger partial charge in [-0.15, -0.1) is 0 Å². The summed E-state index contributed by atoms with van der Waals surface area (Å²) in [5.74, 6) is -0.710. The molecule has 0 aromatic heterocycles. The second-order valence-electron chi connectivity index (χ2n) is 19.6. The zero-order valence-electron chi connectivity index (χ0n) is 42.9. The van der Waals surface area contributed by atoms with Gasteiger partial charge in [-0.05, 0) is 70.6 Å². The quantitative estimate of drug-likeness (QED) is 0.0215. The minimum Gasteiger partial charge on any atom is -0.394 e. The highest BCUT2D eigenvalue weighted by Crippen LogP contribution is 2.23. The Balaban J connectivity index is 2.35. The summed E-state index contributed by atoms with van der Waals surface area (Å²) in [6.07, 6.45) is 43.4. The van der Waals surface area contributed by atoms with Crippen molar-refractivity contribution in [1.82, 2.24) is 5.32 Å². The molecule has 1 heterocycles. The van der Waals surface area contributed by atoms with E-state index >= 15 is 0 Å². The third kappa shape index (κ3) is 34.3. The largest absolute Gasteiger partial charge is 0.394 e. The predicted molar refractivity (Wildman–Crippen MR) is 275 cm³/mol. The second kappa shape index (κ2) is 45.5. The SMILES string of the molecule is CCCCCCCCCCC/C=C\C/C=C\CCCCCCCCCCC(O)C(=O)NC(COC1OC(CO)C(O)C(O)C1O)C(O)C(O)CCC/C=C/CCCCCCCCCCCCC. The van der Waals surface area contributed by atoms with Crippen LogP contribution in [0.1, 0.15) is 245 Å². The van der Waals surface area contributed by atoms with Gasteiger partial charge in [0.1, 0.15) is 36.6 Å². The van der Waals surface area contributed by atoms with Crippen LogP contribution in [0.2, 0.25) is 0 Å². The predicted octanol–water partition coefficient (Wildman–Crippen LogP) is 11.1. The lowest BCUT2D eigenvalue weighted by molar-refractivity contribution is -0.303. The smallest absolute Gasteiger partial charge is 0.249 e. The number of hydrogen-bond donors (Lipinski definition) is 8. The van der Waals surface area contributed by atoms with E-state index in [1.807, 2.05) is 0 Å². The Morgan fingerprint density at radius 2 is 0.925 bits per heavy atom. The zero-order chi connectivity index (χ0) is 49.0. The van der Waals surface area contributed by atoms with Crippen molar-refractivity contribution in [3.05, 3.63) is 36.5 Å². The van der Waals surface area contributed by atoms with E-state index < -0.39 is 74.2 Å². The van der Waals surface area contributed by atoms with Crippen LogP contribution in [0.4, 0.5) is 0 Å². The summed E-state index contributed by atoms with van der Waals surface area (Å²) < 4.78 is 11.1. The van der Waals surface area contributed by atoms with Crippen LogP contribution in [0.25, 0.3) is 0 Å². The standard InChI is InChI=1S/C56H105NO10/c1-3-5-7-9-11-13-15-17-19-21-22-23-24-25-26-27-28-30-32-34-36-38-40-42-44-49(60)55(65)57-47(46-66-56-54(64)53(63)52(62)50(45-58)67-56)51(61)48(59)43-41-39-37-35-33-31-29-20-18-16-14-12-10-8-6-4-2/h22-23,25-26,35,37,47-54,56,58-64H,3-21,24,27-34,36,38-46H2,1-2H3,(H,57,65)/b23-22-,26-25-,37-35+. The lowest BCUT2D eigenvalue weighted by atomic mass is 9.98. The minimum absolute atomic E-state index is 0.247. The normalized spacial score (nSPS) is 20.9. The number of carbonyl (C=O) groups is 1. The number of aliphatic hydroxyl groups is 7. The fraction of sp³-hybridized carbons (Fsp3) is 0.875. The van der Waals surface area contributed by atoms with Gasteiger partial charge < -0.3 is 50.5 Å². The number of nitrogens with one attached hydrogen (secondary N) is 1. The molecule has 67 heavy (non-hydrogen) atoms. The molecule has 394 valence electrons. The van der Waals surface area contributed by atoms with Gasteiger partial charge in [0.15, 0.2) is 6.29 Å². The molecule has 0 saturated carbocycles. The Hall–Kier alpha value is -1.67. The molecule has 8 N–H and O–H groups in total. The first-order valence-corrected chi connectivity index (χ1v) is 27.9. The monoisotopic (exact) mass is 952 g/mol. The summed E-state index contributed by atoms with van der Waals surface area (Å²) in [6.45, 7) is 3.45. The molecule has 1 aliphatic heterocycles. The number of hydrogen-bond acceptors (Lipinski definition) is 10. The third-order valence-electron chi connectivity index (χ3n) is 13.4. The third-order valence-corrected chi connectivity index (χ3v) is 13.4. The molecule has 0 aromatic carbocycles. The van der Waals surface area contributed by atoms with Crippen molar-refractivity contribution in [1.29, 1.82) is 0 Å². The first kappa shape index (κ1) is 63.3. The number of ether oxygens (including phenoxy) is 2.